The molecule has 2 saturated carbocycles. The van der Waals surface area contributed by atoms with Crippen LogP contribution in [0.1, 0.15) is 82.1 Å². The molecule has 0 bridgehead atoms. The molecule has 0 aromatic heterocycles. The highest BCUT2D eigenvalue weighted by molar-refractivity contribution is 6.02. The first kappa shape index (κ1) is 23.5. The lowest BCUT2D eigenvalue weighted by atomic mass is 9.66. The molecule has 0 amide bonds. The van der Waals surface area contributed by atoms with Crippen LogP contribution in [-0.2, 0) is 0 Å². The molecular weight excluding hydrogens is 434 g/mol. The van der Waals surface area contributed by atoms with Crippen molar-refractivity contribution in [3.63, 3.8) is 0 Å². The molecule has 184 valence electrons. The average molecular weight is 474 g/mol. The van der Waals surface area contributed by atoms with Crippen molar-refractivity contribution in [1.82, 2.24) is 0 Å². The average Bonchev–Trinajstić information content (AvgIpc) is 2.96. The molecule has 1 heterocycles. The molecular formula is C35H39N. The van der Waals surface area contributed by atoms with Crippen molar-refractivity contribution in [3.8, 4) is 0 Å². The first-order valence-electron chi connectivity index (χ1n) is 14.4. The summed E-state index contributed by atoms with van der Waals surface area (Å²) in [5.41, 5.74) is 4.33. The topological polar surface area (TPSA) is 12.4 Å². The van der Waals surface area contributed by atoms with Crippen molar-refractivity contribution in [2.45, 2.75) is 76.5 Å². The summed E-state index contributed by atoms with van der Waals surface area (Å²) in [4.78, 5) is 5.67. The Labute approximate surface area is 216 Å². The van der Waals surface area contributed by atoms with Crippen LogP contribution < -0.4 is 10.4 Å². The summed E-state index contributed by atoms with van der Waals surface area (Å²) in [5, 5.41) is 5.35. The second kappa shape index (κ2) is 11.0. The molecule has 36 heavy (non-hydrogen) atoms. The third-order valence-electron chi connectivity index (χ3n) is 8.91. The van der Waals surface area contributed by atoms with Gasteiger partial charge in [-0.05, 0) is 65.3 Å². The van der Waals surface area contributed by atoms with Crippen molar-refractivity contribution >= 4 is 34.3 Å². The van der Waals surface area contributed by atoms with Gasteiger partial charge in [0.05, 0.1) is 5.69 Å². The largest absolute Gasteiger partial charge is 0.257 e. The molecule has 0 N–H and O–H groups in total. The van der Waals surface area contributed by atoms with E-state index in [1.807, 2.05) is 0 Å². The van der Waals surface area contributed by atoms with Crippen LogP contribution in [0.4, 0.5) is 5.69 Å². The zero-order chi connectivity index (χ0) is 24.2. The van der Waals surface area contributed by atoms with Gasteiger partial charge in [0.15, 0.2) is 0 Å². The van der Waals surface area contributed by atoms with E-state index in [0.29, 0.717) is 11.8 Å². The number of allylic oxidation sites excluding steroid dienone is 4. The van der Waals surface area contributed by atoms with Crippen LogP contribution in [0.5, 0.6) is 0 Å². The lowest BCUT2D eigenvalue weighted by molar-refractivity contribution is 0.289. The number of fused-ring (bicyclic) bond motifs is 7. The van der Waals surface area contributed by atoms with Gasteiger partial charge in [-0.25, -0.2) is 0 Å². The number of hydrogen-bond donors (Lipinski definition) is 0. The molecule has 2 fully saturated rings. The summed E-state index contributed by atoms with van der Waals surface area (Å²) in [7, 11) is 0. The van der Waals surface area contributed by atoms with E-state index in [2.05, 4.69) is 85.0 Å². The molecule has 4 aliphatic rings. The van der Waals surface area contributed by atoms with Gasteiger partial charge in [0.2, 0.25) is 0 Å². The highest BCUT2D eigenvalue weighted by Crippen LogP contribution is 2.49. The maximum atomic E-state index is 5.67. The predicted octanol–water partition coefficient (Wildman–Crippen LogP) is 8.37. The van der Waals surface area contributed by atoms with Gasteiger partial charge in [-0.15, -0.1) is 0 Å². The van der Waals surface area contributed by atoms with E-state index in [9.17, 15) is 0 Å². The van der Waals surface area contributed by atoms with E-state index >= 15 is 0 Å². The van der Waals surface area contributed by atoms with Gasteiger partial charge in [0.25, 0.3) is 0 Å². The summed E-state index contributed by atoms with van der Waals surface area (Å²) in [6.07, 6.45) is 28.3. The monoisotopic (exact) mass is 473 g/mol. The summed E-state index contributed by atoms with van der Waals surface area (Å²) in [6, 6.07) is 17.5. The Morgan fingerprint density at radius 3 is 2.00 bits per heavy atom. The smallest absolute Gasteiger partial charge is 0.0748 e. The van der Waals surface area contributed by atoms with E-state index in [1.165, 1.54) is 109 Å². The molecule has 3 aliphatic carbocycles. The molecule has 6 rings (SSSR count). The molecule has 1 nitrogen and oxygen atoms in total. The molecule has 0 spiro atoms. The van der Waals surface area contributed by atoms with Crippen molar-refractivity contribution in [1.29, 1.82) is 0 Å². The first-order valence-corrected chi connectivity index (χ1v) is 14.4. The van der Waals surface area contributed by atoms with Crippen LogP contribution in [0.2, 0.25) is 0 Å². The Balaban J connectivity index is 1.74. The molecule has 0 saturated heterocycles. The Kier molecular flexibility index (Phi) is 7.17. The van der Waals surface area contributed by atoms with E-state index < -0.39 is 0 Å². The number of benzene rings is 1. The maximum absolute atomic E-state index is 5.67. The van der Waals surface area contributed by atoms with Crippen LogP contribution in [0.3, 0.4) is 0 Å². The maximum Gasteiger partial charge on any atom is 0.0748 e. The minimum absolute atomic E-state index is 0.581. The number of aliphatic imine (C=N–C) groups is 1. The minimum Gasteiger partial charge on any atom is -0.257 e. The molecule has 2 aromatic carbocycles. The molecule has 1 aliphatic heterocycles. The number of rotatable bonds is 0. The standard InChI is InChI=1S/C35H39N/c1-2-4-15-23-30-28(21-12-3-1)27-20-13-7-8-14-22-29(27)34-31-24-16-6-5-10-18-26-19-11-9-17-25-32(33(26)31)36-35(30)34/h1-4,7-8,12-15,20-23,26,31,33H,5-6,9-11,16-19,24-25H2/b2-1?,3-1?,4-2?,8-7?,12-3?,13-7?,14-8?,15-4?,20-13?,21-12?,22-14?,23-15?,27-20-,28-21?,29-22+,30-23?. The van der Waals surface area contributed by atoms with Crippen LogP contribution in [0.25, 0.3) is 22.9 Å². The van der Waals surface area contributed by atoms with E-state index in [0.717, 1.165) is 5.92 Å². The lowest BCUT2D eigenvalue weighted by Crippen LogP contribution is -2.39. The van der Waals surface area contributed by atoms with Gasteiger partial charge < -0.3 is 0 Å². The fourth-order valence-corrected chi connectivity index (χ4v) is 7.32. The molecule has 0 radical (unpaired) electrons. The van der Waals surface area contributed by atoms with E-state index in [-0.39, 0.29) is 0 Å². The Morgan fingerprint density at radius 1 is 0.583 bits per heavy atom. The lowest BCUT2D eigenvalue weighted by Gasteiger charge is -2.40. The second-order valence-electron chi connectivity index (χ2n) is 11.1. The quantitative estimate of drug-likeness (QED) is 0.364. The fourth-order valence-electron chi connectivity index (χ4n) is 7.32. The van der Waals surface area contributed by atoms with Crippen molar-refractivity contribution in [2.75, 3.05) is 0 Å². The normalized spacial score (nSPS) is 27.1. The third-order valence-corrected chi connectivity index (χ3v) is 8.91. The SMILES string of the molecule is C1=C/C=c2/c3c(c4ccccccccc4/c2=C/C=C1)N=C1CCCCCC2CCCCCCC3C12. The Morgan fingerprint density at radius 2 is 1.22 bits per heavy atom. The molecule has 3 unspecified atom stereocenters. The summed E-state index contributed by atoms with van der Waals surface area (Å²) in [6.45, 7) is 0. The Bertz CT molecular complexity index is 1390. The minimum atomic E-state index is 0.581. The fraction of sp³-hybridized carbons (Fsp3) is 0.400. The van der Waals surface area contributed by atoms with Gasteiger partial charge in [0.1, 0.15) is 0 Å². The molecule has 3 atom stereocenters. The number of hydrogen-bond acceptors (Lipinski definition) is 1. The summed E-state index contributed by atoms with van der Waals surface area (Å²) in [5.74, 6) is 2.00. The zero-order valence-electron chi connectivity index (χ0n) is 21.5. The van der Waals surface area contributed by atoms with Gasteiger partial charge in [-0.1, -0.05) is 124 Å². The summed E-state index contributed by atoms with van der Waals surface area (Å²) < 4.78 is 0. The Hall–Kier alpha value is -2.93. The van der Waals surface area contributed by atoms with Gasteiger partial charge in [-0.2, -0.15) is 0 Å². The van der Waals surface area contributed by atoms with E-state index in [1.54, 1.807) is 0 Å². The van der Waals surface area contributed by atoms with Gasteiger partial charge >= 0.3 is 0 Å². The van der Waals surface area contributed by atoms with Crippen molar-refractivity contribution < 1.29 is 0 Å². The van der Waals surface area contributed by atoms with Gasteiger partial charge in [0, 0.05) is 17.0 Å². The van der Waals surface area contributed by atoms with Gasteiger partial charge in [-0.3, -0.25) is 4.99 Å². The summed E-state index contributed by atoms with van der Waals surface area (Å²) >= 11 is 0. The van der Waals surface area contributed by atoms with Crippen LogP contribution in [0, 0.1) is 11.8 Å². The first-order chi connectivity index (χ1) is 17.9. The van der Waals surface area contributed by atoms with Crippen LogP contribution in [0.15, 0.2) is 77.8 Å². The zero-order valence-corrected chi connectivity index (χ0v) is 21.5. The van der Waals surface area contributed by atoms with Crippen molar-refractivity contribution in [2.24, 2.45) is 16.8 Å². The number of nitrogens with zero attached hydrogens (tertiary/aromatic N) is 1. The predicted molar refractivity (Wildman–Crippen MR) is 156 cm³/mol. The van der Waals surface area contributed by atoms with Crippen LogP contribution >= 0.6 is 0 Å². The van der Waals surface area contributed by atoms with Crippen molar-refractivity contribution in [3.05, 3.63) is 88.8 Å². The molecule has 2 aromatic rings. The highest BCUT2D eigenvalue weighted by atomic mass is 14.8. The van der Waals surface area contributed by atoms with Crippen LogP contribution in [-0.4, -0.2) is 5.71 Å². The third kappa shape index (κ3) is 4.61. The molecule has 1 heteroatoms. The second-order valence-corrected chi connectivity index (χ2v) is 11.1. The van der Waals surface area contributed by atoms with E-state index in [4.69, 9.17) is 4.99 Å². The highest BCUT2D eigenvalue weighted by Gasteiger charge is 2.39.